The van der Waals surface area contributed by atoms with E-state index in [0.717, 1.165) is 24.2 Å². The molecule has 2 unspecified atom stereocenters. The van der Waals surface area contributed by atoms with Crippen LogP contribution >= 0.6 is 12.6 Å². The predicted molar refractivity (Wildman–Crippen MR) is 98.3 cm³/mol. The maximum absolute atomic E-state index is 10.5. The summed E-state index contributed by atoms with van der Waals surface area (Å²) < 4.78 is 0. The van der Waals surface area contributed by atoms with E-state index in [1.165, 1.54) is 23.1 Å². The van der Waals surface area contributed by atoms with Gasteiger partial charge in [-0.25, -0.2) is 0 Å². The third kappa shape index (κ3) is 3.71. The molecule has 0 amide bonds. The Bertz CT molecular complexity index is 499. The van der Waals surface area contributed by atoms with Crippen molar-refractivity contribution in [3.8, 4) is 0 Å². The van der Waals surface area contributed by atoms with Gasteiger partial charge in [0.1, 0.15) is 0 Å². The van der Waals surface area contributed by atoms with Crippen LogP contribution in [0.3, 0.4) is 0 Å². The molecule has 0 spiro atoms. The lowest BCUT2D eigenvalue weighted by atomic mass is 9.75. The molecule has 1 N–H and O–H groups in total. The maximum atomic E-state index is 10.5. The molecule has 0 bridgehead atoms. The fourth-order valence-corrected chi connectivity index (χ4v) is 4.31. The molecular formula is C20H32OS. The lowest BCUT2D eigenvalue weighted by Gasteiger charge is -2.33. The molecule has 0 radical (unpaired) electrons. The van der Waals surface area contributed by atoms with Gasteiger partial charge < -0.3 is 5.11 Å². The Kier molecular flexibility index (Phi) is 5.04. The highest BCUT2D eigenvalue weighted by molar-refractivity contribution is 7.80. The largest absolute Gasteiger partial charge is 0.392 e. The molecule has 0 saturated heterocycles. The van der Waals surface area contributed by atoms with Crippen molar-refractivity contribution < 1.29 is 5.11 Å². The number of aliphatic hydroxyl groups is 1. The summed E-state index contributed by atoms with van der Waals surface area (Å²) >= 11 is 4.87. The first kappa shape index (κ1) is 17.9. The van der Waals surface area contributed by atoms with Crippen molar-refractivity contribution in [2.24, 2.45) is 0 Å². The lowest BCUT2D eigenvalue weighted by molar-refractivity contribution is 0.106. The first-order valence-corrected chi connectivity index (χ1v) is 9.02. The predicted octanol–water partition coefficient (Wildman–Crippen LogP) is 5.59. The zero-order valence-electron chi connectivity index (χ0n) is 15.0. The van der Waals surface area contributed by atoms with Crippen molar-refractivity contribution >= 4 is 12.6 Å². The van der Waals surface area contributed by atoms with E-state index < -0.39 is 0 Å². The van der Waals surface area contributed by atoms with Gasteiger partial charge in [0.05, 0.1) is 6.10 Å². The average molecular weight is 321 g/mol. The molecule has 0 heterocycles. The average Bonchev–Trinajstić information content (AvgIpc) is 2.37. The van der Waals surface area contributed by atoms with Crippen molar-refractivity contribution in [3.05, 3.63) is 28.8 Å². The van der Waals surface area contributed by atoms with Crippen molar-refractivity contribution in [1.82, 2.24) is 0 Å². The number of benzene rings is 1. The van der Waals surface area contributed by atoms with E-state index in [0.29, 0.717) is 0 Å². The second kappa shape index (κ2) is 6.20. The normalized spacial score (nSPS) is 23.6. The molecule has 2 rings (SSSR count). The summed E-state index contributed by atoms with van der Waals surface area (Å²) in [5.41, 5.74) is 4.03. The highest BCUT2D eigenvalue weighted by Gasteiger charge is 2.30. The number of hydrogen-bond donors (Lipinski definition) is 2. The molecule has 1 saturated carbocycles. The standard InChI is InChI=1S/C20H32OS/c1-19(2,3)15-11-13(14-9-7-8-10-17(14)21)12-16(18(15)22)20(4,5)6/h11-12,14,17,21-22H,7-10H2,1-6H3. The molecule has 1 fully saturated rings. The van der Waals surface area contributed by atoms with Crippen LogP contribution in [-0.4, -0.2) is 11.2 Å². The Morgan fingerprint density at radius 2 is 1.36 bits per heavy atom. The molecule has 124 valence electrons. The van der Waals surface area contributed by atoms with Gasteiger partial charge in [0, 0.05) is 10.8 Å². The molecule has 0 aliphatic heterocycles. The third-order valence-corrected chi connectivity index (χ3v) is 5.39. The molecule has 2 atom stereocenters. The van der Waals surface area contributed by atoms with Crippen LogP contribution in [0.25, 0.3) is 0 Å². The second-order valence-electron chi connectivity index (χ2n) is 8.92. The highest BCUT2D eigenvalue weighted by atomic mass is 32.1. The molecule has 1 aliphatic carbocycles. The Hall–Kier alpha value is -0.470. The quantitative estimate of drug-likeness (QED) is 0.646. The fourth-order valence-electron chi connectivity index (χ4n) is 3.51. The highest BCUT2D eigenvalue weighted by Crippen LogP contribution is 2.41. The molecule has 1 aromatic rings. The summed E-state index contributed by atoms with van der Waals surface area (Å²) in [7, 11) is 0. The van der Waals surface area contributed by atoms with E-state index in [9.17, 15) is 5.11 Å². The van der Waals surface area contributed by atoms with Gasteiger partial charge in [0.2, 0.25) is 0 Å². The van der Waals surface area contributed by atoms with Crippen LogP contribution in [0, 0.1) is 0 Å². The van der Waals surface area contributed by atoms with Crippen molar-refractivity contribution in [2.45, 2.75) is 95.0 Å². The first-order valence-electron chi connectivity index (χ1n) is 8.58. The Labute approximate surface area is 141 Å². The molecule has 1 aliphatic rings. The van der Waals surface area contributed by atoms with E-state index in [1.807, 2.05) is 0 Å². The fraction of sp³-hybridized carbons (Fsp3) is 0.700. The SMILES string of the molecule is CC(C)(C)c1cc(C2CCCCC2O)cc(C(C)(C)C)c1S. The third-order valence-electron chi connectivity index (χ3n) is 4.91. The Balaban J connectivity index is 2.60. The number of rotatable bonds is 1. The summed E-state index contributed by atoms with van der Waals surface area (Å²) in [4.78, 5) is 1.12. The minimum absolute atomic E-state index is 0.0622. The summed E-state index contributed by atoms with van der Waals surface area (Å²) in [5, 5.41) is 10.5. The number of aliphatic hydroxyl groups excluding tert-OH is 1. The van der Waals surface area contributed by atoms with Crippen molar-refractivity contribution in [1.29, 1.82) is 0 Å². The van der Waals surface area contributed by atoms with Crippen molar-refractivity contribution in [3.63, 3.8) is 0 Å². The minimum Gasteiger partial charge on any atom is -0.392 e. The summed E-state index contributed by atoms with van der Waals surface area (Å²) in [5.74, 6) is 0.282. The Morgan fingerprint density at radius 3 is 1.77 bits per heavy atom. The van der Waals surface area contributed by atoms with Gasteiger partial charge in [0.25, 0.3) is 0 Å². The van der Waals surface area contributed by atoms with E-state index in [-0.39, 0.29) is 22.9 Å². The van der Waals surface area contributed by atoms with Crippen LogP contribution in [-0.2, 0) is 10.8 Å². The van der Waals surface area contributed by atoms with E-state index in [2.05, 4.69) is 53.7 Å². The lowest BCUT2D eigenvalue weighted by Crippen LogP contribution is -2.25. The van der Waals surface area contributed by atoms with Gasteiger partial charge in [-0.2, -0.15) is 0 Å². The molecule has 0 aromatic heterocycles. The van der Waals surface area contributed by atoms with E-state index in [1.54, 1.807) is 0 Å². The molecule has 1 aromatic carbocycles. The first-order chi connectivity index (χ1) is 10.0. The molecule has 22 heavy (non-hydrogen) atoms. The van der Waals surface area contributed by atoms with Crippen LogP contribution in [0.1, 0.15) is 89.8 Å². The molecular weight excluding hydrogens is 288 g/mol. The van der Waals surface area contributed by atoms with Gasteiger partial charge in [-0.3, -0.25) is 0 Å². The van der Waals surface area contributed by atoms with Crippen LogP contribution < -0.4 is 0 Å². The van der Waals surface area contributed by atoms with Crippen LogP contribution in [0.4, 0.5) is 0 Å². The van der Waals surface area contributed by atoms with E-state index in [4.69, 9.17) is 12.6 Å². The summed E-state index contributed by atoms with van der Waals surface area (Å²) in [6, 6.07) is 4.60. The second-order valence-corrected chi connectivity index (χ2v) is 9.37. The minimum atomic E-state index is -0.194. The van der Waals surface area contributed by atoms with Gasteiger partial charge in [-0.15, -0.1) is 12.6 Å². The molecule has 2 heteroatoms. The van der Waals surface area contributed by atoms with Crippen LogP contribution in [0.5, 0.6) is 0 Å². The molecule has 1 nitrogen and oxygen atoms in total. The summed E-state index contributed by atoms with van der Waals surface area (Å²) in [6.07, 6.45) is 4.21. The number of thiol groups is 1. The zero-order chi connectivity index (χ0) is 16.7. The van der Waals surface area contributed by atoms with Crippen LogP contribution in [0.15, 0.2) is 17.0 Å². The monoisotopic (exact) mass is 320 g/mol. The van der Waals surface area contributed by atoms with E-state index >= 15 is 0 Å². The van der Waals surface area contributed by atoms with Gasteiger partial charge in [-0.1, -0.05) is 66.5 Å². The van der Waals surface area contributed by atoms with Gasteiger partial charge in [0.15, 0.2) is 0 Å². The summed E-state index contributed by atoms with van der Waals surface area (Å²) in [6.45, 7) is 13.5. The van der Waals surface area contributed by atoms with Crippen LogP contribution in [0.2, 0.25) is 0 Å². The Morgan fingerprint density at radius 1 is 0.909 bits per heavy atom. The van der Waals surface area contributed by atoms with Gasteiger partial charge >= 0.3 is 0 Å². The van der Waals surface area contributed by atoms with Gasteiger partial charge in [-0.05, 0) is 40.4 Å². The topological polar surface area (TPSA) is 20.2 Å². The number of hydrogen-bond acceptors (Lipinski definition) is 2. The van der Waals surface area contributed by atoms with Crippen molar-refractivity contribution in [2.75, 3.05) is 0 Å². The maximum Gasteiger partial charge on any atom is 0.0608 e. The smallest absolute Gasteiger partial charge is 0.0608 e. The zero-order valence-corrected chi connectivity index (χ0v) is 15.9.